The molecule has 0 aromatic heterocycles. The van der Waals surface area contributed by atoms with E-state index in [4.69, 9.17) is 9.47 Å². The fraction of sp³-hybridized carbons (Fsp3) is 0.188. The van der Waals surface area contributed by atoms with Crippen LogP contribution in [-0.2, 0) is 19.6 Å². The Bertz CT molecular complexity index is 763. The third-order valence-corrected chi connectivity index (χ3v) is 4.83. The maximum Gasteiger partial charge on any atom is 0.321 e. The second-order valence-electron chi connectivity index (χ2n) is 4.66. The van der Waals surface area contributed by atoms with Gasteiger partial charge in [0.05, 0.1) is 4.90 Å². The highest BCUT2D eigenvalue weighted by Gasteiger charge is 2.15. The number of sulfonamides is 1. The number of esters is 1. The molecule has 0 heterocycles. The van der Waals surface area contributed by atoms with E-state index in [1.54, 1.807) is 30.3 Å². The Morgan fingerprint density at radius 2 is 1.67 bits per heavy atom. The number of hydrogen-bond acceptors (Lipinski definition) is 5. The van der Waals surface area contributed by atoms with E-state index in [-0.39, 0.29) is 18.1 Å². The first-order valence-electron chi connectivity index (χ1n) is 7.06. The minimum absolute atomic E-state index is 0.0297. The Morgan fingerprint density at radius 3 is 2.33 bits per heavy atom. The average molecular weight is 414 g/mol. The third-order valence-electron chi connectivity index (χ3n) is 2.89. The van der Waals surface area contributed by atoms with Crippen molar-refractivity contribution in [1.82, 2.24) is 4.72 Å². The first-order chi connectivity index (χ1) is 11.5. The van der Waals surface area contributed by atoms with E-state index in [1.807, 2.05) is 12.1 Å². The molecule has 0 aliphatic carbocycles. The third kappa shape index (κ3) is 5.95. The van der Waals surface area contributed by atoms with Crippen molar-refractivity contribution in [2.75, 3.05) is 19.8 Å². The Balaban J connectivity index is 1.69. The van der Waals surface area contributed by atoms with Gasteiger partial charge < -0.3 is 9.47 Å². The topological polar surface area (TPSA) is 81.7 Å². The summed E-state index contributed by atoms with van der Waals surface area (Å²) in [6.07, 6.45) is 0. The van der Waals surface area contributed by atoms with Crippen molar-refractivity contribution in [1.29, 1.82) is 0 Å². The number of nitrogens with one attached hydrogen (secondary N) is 1. The zero-order valence-corrected chi connectivity index (χ0v) is 15.0. The van der Waals surface area contributed by atoms with E-state index in [9.17, 15) is 13.2 Å². The lowest BCUT2D eigenvalue weighted by Crippen LogP contribution is -2.31. The molecule has 2 aromatic rings. The molecule has 8 heteroatoms. The second-order valence-corrected chi connectivity index (χ2v) is 7.34. The van der Waals surface area contributed by atoms with Gasteiger partial charge in [-0.25, -0.2) is 8.42 Å². The van der Waals surface area contributed by atoms with Crippen molar-refractivity contribution >= 4 is 31.9 Å². The van der Waals surface area contributed by atoms with Gasteiger partial charge in [0.1, 0.15) is 25.5 Å². The van der Waals surface area contributed by atoms with Crippen LogP contribution in [0.3, 0.4) is 0 Å². The number of hydrogen-bond donors (Lipinski definition) is 1. The zero-order chi connectivity index (χ0) is 17.4. The predicted molar refractivity (Wildman–Crippen MR) is 92.2 cm³/mol. The summed E-state index contributed by atoms with van der Waals surface area (Å²) in [7, 11) is -3.72. The Morgan fingerprint density at radius 1 is 1.00 bits per heavy atom. The highest BCUT2D eigenvalue weighted by Crippen LogP contribution is 2.15. The molecule has 0 bridgehead atoms. The first kappa shape index (κ1) is 18.4. The lowest BCUT2D eigenvalue weighted by atomic mass is 10.3. The predicted octanol–water partition coefficient (Wildman–Crippen LogP) is 2.35. The molecule has 0 saturated heterocycles. The summed E-state index contributed by atoms with van der Waals surface area (Å²) in [4.78, 5) is 11.7. The monoisotopic (exact) mass is 413 g/mol. The van der Waals surface area contributed by atoms with Gasteiger partial charge in [-0.05, 0) is 36.4 Å². The van der Waals surface area contributed by atoms with Crippen LogP contribution in [0.5, 0.6) is 5.75 Å². The van der Waals surface area contributed by atoms with Crippen LogP contribution in [0.2, 0.25) is 0 Å². The number of benzene rings is 2. The minimum atomic E-state index is -3.72. The van der Waals surface area contributed by atoms with E-state index >= 15 is 0 Å². The van der Waals surface area contributed by atoms with Crippen LogP contribution in [0.4, 0.5) is 0 Å². The van der Waals surface area contributed by atoms with Crippen LogP contribution in [0.25, 0.3) is 0 Å². The number of rotatable bonds is 8. The number of carbonyl (C=O) groups excluding carboxylic acids is 1. The van der Waals surface area contributed by atoms with Crippen molar-refractivity contribution in [3.05, 3.63) is 59.1 Å². The molecule has 24 heavy (non-hydrogen) atoms. The fourth-order valence-electron chi connectivity index (χ4n) is 1.73. The summed E-state index contributed by atoms with van der Waals surface area (Å²) >= 11 is 3.32. The minimum Gasteiger partial charge on any atom is -0.490 e. The quantitative estimate of drug-likeness (QED) is 0.530. The van der Waals surface area contributed by atoms with Gasteiger partial charge in [0.15, 0.2) is 0 Å². The molecule has 1 N–H and O–H groups in total. The molecule has 0 saturated carbocycles. The molecule has 0 spiro atoms. The van der Waals surface area contributed by atoms with Crippen LogP contribution in [0.15, 0.2) is 64.0 Å². The maximum absolute atomic E-state index is 11.9. The normalized spacial score (nSPS) is 11.0. The molecule has 0 fully saturated rings. The van der Waals surface area contributed by atoms with Crippen LogP contribution in [-0.4, -0.2) is 34.1 Å². The molecule has 2 rings (SSSR count). The van der Waals surface area contributed by atoms with Crippen molar-refractivity contribution in [2.24, 2.45) is 0 Å². The summed E-state index contributed by atoms with van der Waals surface area (Å²) < 4.78 is 37.3. The van der Waals surface area contributed by atoms with Crippen LogP contribution in [0.1, 0.15) is 0 Å². The standard InChI is InChI=1S/C16H16BrNO5S/c17-13-6-8-14(9-7-13)22-10-11-23-16(19)12-18-24(20,21)15-4-2-1-3-5-15/h1-9,18H,10-12H2. The second kappa shape index (κ2) is 8.81. The molecule has 0 unspecified atom stereocenters. The number of carbonyl (C=O) groups is 1. The van der Waals surface area contributed by atoms with Gasteiger partial charge in [0.2, 0.25) is 10.0 Å². The highest BCUT2D eigenvalue weighted by molar-refractivity contribution is 9.10. The van der Waals surface area contributed by atoms with E-state index in [0.29, 0.717) is 5.75 Å². The summed E-state index contributed by atoms with van der Waals surface area (Å²) in [6, 6.07) is 15.0. The number of ether oxygens (including phenoxy) is 2. The molecular weight excluding hydrogens is 398 g/mol. The van der Waals surface area contributed by atoms with Gasteiger partial charge in [0.25, 0.3) is 0 Å². The summed E-state index contributed by atoms with van der Waals surface area (Å²) in [5, 5.41) is 0. The Kier molecular flexibility index (Phi) is 6.77. The molecule has 6 nitrogen and oxygen atoms in total. The van der Waals surface area contributed by atoms with E-state index in [2.05, 4.69) is 20.7 Å². The summed E-state index contributed by atoms with van der Waals surface area (Å²) in [5.41, 5.74) is 0. The van der Waals surface area contributed by atoms with Crippen LogP contribution < -0.4 is 9.46 Å². The van der Waals surface area contributed by atoms with Crippen molar-refractivity contribution in [3.8, 4) is 5.75 Å². The Hall–Kier alpha value is -1.90. The first-order valence-corrected chi connectivity index (χ1v) is 9.34. The molecule has 0 aliphatic rings. The molecule has 0 aliphatic heterocycles. The molecule has 0 radical (unpaired) electrons. The van der Waals surface area contributed by atoms with Gasteiger partial charge in [-0.15, -0.1) is 0 Å². The molecule has 0 amide bonds. The van der Waals surface area contributed by atoms with Gasteiger partial charge in [-0.2, -0.15) is 4.72 Å². The molecular formula is C16H16BrNO5S. The molecule has 2 aromatic carbocycles. The van der Waals surface area contributed by atoms with E-state index < -0.39 is 22.5 Å². The highest BCUT2D eigenvalue weighted by atomic mass is 79.9. The lowest BCUT2D eigenvalue weighted by molar-refractivity contribution is -0.142. The maximum atomic E-state index is 11.9. The smallest absolute Gasteiger partial charge is 0.321 e. The zero-order valence-electron chi connectivity index (χ0n) is 12.6. The molecule has 0 atom stereocenters. The van der Waals surface area contributed by atoms with Crippen LogP contribution in [0, 0.1) is 0 Å². The van der Waals surface area contributed by atoms with Gasteiger partial charge in [-0.1, -0.05) is 34.1 Å². The summed E-state index contributed by atoms with van der Waals surface area (Å²) in [6.45, 7) is -0.226. The van der Waals surface area contributed by atoms with Gasteiger partial charge >= 0.3 is 5.97 Å². The SMILES string of the molecule is O=C(CNS(=O)(=O)c1ccccc1)OCCOc1ccc(Br)cc1. The number of halogens is 1. The van der Waals surface area contributed by atoms with Crippen molar-refractivity contribution in [3.63, 3.8) is 0 Å². The van der Waals surface area contributed by atoms with Crippen LogP contribution >= 0.6 is 15.9 Å². The summed E-state index contributed by atoms with van der Waals surface area (Å²) in [5.74, 6) is -0.0204. The van der Waals surface area contributed by atoms with Gasteiger partial charge in [0, 0.05) is 4.47 Å². The van der Waals surface area contributed by atoms with Crippen molar-refractivity contribution < 1.29 is 22.7 Å². The largest absolute Gasteiger partial charge is 0.490 e. The average Bonchev–Trinajstić information content (AvgIpc) is 2.59. The van der Waals surface area contributed by atoms with E-state index in [0.717, 1.165) is 4.47 Å². The van der Waals surface area contributed by atoms with E-state index in [1.165, 1.54) is 12.1 Å². The fourth-order valence-corrected chi connectivity index (χ4v) is 2.99. The van der Waals surface area contributed by atoms with Crippen molar-refractivity contribution in [2.45, 2.75) is 4.90 Å². The Labute approximate surface area is 149 Å². The lowest BCUT2D eigenvalue weighted by Gasteiger charge is -2.08. The molecule has 128 valence electrons. The van der Waals surface area contributed by atoms with Gasteiger partial charge in [-0.3, -0.25) is 4.79 Å².